The monoisotopic (exact) mass is 203 g/mol. The first kappa shape index (κ1) is 10.3. The Labute approximate surface area is 90.7 Å². The van der Waals surface area contributed by atoms with Crippen molar-refractivity contribution in [3.63, 3.8) is 0 Å². The highest BCUT2D eigenvalue weighted by Gasteiger charge is 2.24. The van der Waals surface area contributed by atoms with E-state index < -0.39 is 0 Å². The number of nitrogens with one attached hydrogen (secondary N) is 1. The largest absolute Gasteiger partial charge is 0.363 e. The number of nitrogens with zero attached hydrogens (tertiary/aromatic N) is 2. The minimum Gasteiger partial charge on any atom is -0.363 e. The van der Waals surface area contributed by atoms with Crippen molar-refractivity contribution in [2.75, 3.05) is 13.1 Å². The molecule has 1 atom stereocenters. The second-order valence-corrected chi connectivity index (χ2v) is 4.38. The van der Waals surface area contributed by atoms with Crippen LogP contribution in [0.25, 0.3) is 0 Å². The molecule has 1 fully saturated rings. The van der Waals surface area contributed by atoms with Crippen molar-refractivity contribution in [1.82, 2.24) is 9.88 Å². The van der Waals surface area contributed by atoms with Crippen molar-refractivity contribution < 1.29 is 0 Å². The molecule has 80 valence electrons. The molecule has 3 nitrogen and oxygen atoms in total. The van der Waals surface area contributed by atoms with Crippen LogP contribution in [0, 0.1) is 17.2 Å². The Hall–Kier alpha value is -1.27. The maximum atomic E-state index is 9.20. The van der Waals surface area contributed by atoms with Crippen LogP contribution in [-0.4, -0.2) is 23.0 Å². The summed E-state index contributed by atoms with van der Waals surface area (Å²) in [5.41, 5.74) is 1.02. The molecule has 1 aromatic heterocycles. The molecular weight excluding hydrogens is 186 g/mol. The normalized spacial score (nSPS) is 21.1. The first-order chi connectivity index (χ1) is 7.31. The molecule has 0 saturated carbocycles. The minimum atomic E-state index is -0.0903. The van der Waals surface area contributed by atoms with Crippen molar-refractivity contribution in [3.05, 3.63) is 24.0 Å². The van der Waals surface area contributed by atoms with Crippen LogP contribution in [0.15, 0.2) is 18.3 Å². The number of hydrogen-bond acceptors (Lipinski definition) is 2. The minimum absolute atomic E-state index is 0.0903. The summed E-state index contributed by atoms with van der Waals surface area (Å²) < 4.78 is 0. The second-order valence-electron chi connectivity index (χ2n) is 4.38. The maximum absolute atomic E-state index is 9.20. The lowest BCUT2D eigenvalue weighted by Gasteiger charge is -2.32. The van der Waals surface area contributed by atoms with Crippen LogP contribution >= 0.6 is 0 Å². The summed E-state index contributed by atoms with van der Waals surface area (Å²) in [6.45, 7) is 4.37. The predicted octanol–water partition coefficient (Wildman–Crippen LogP) is 2.31. The Morgan fingerprint density at radius 2 is 2.27 bits per heavy atom. The van der Waals surface area contributed by atoms with Crippen LogP contribution in [0.4, 0.5) is 0 Å². The summed E-state index contributed by atoms with van der Waals surface area (Å²) in [6, 6.07) is 6.24. The second kappa shape index (κ2) is 4.50. The Bertz CT molecular complexity index is 328. The van der Waals surface area contributed by atoms with Gasteiger partial charge in [-0.2, -0.15) is 5.26 Å². The quantitative estimate of drug-likeness (QED) is 0.801. The fourth-order valence-electron chi connectivity index (χ4n) is 2.15. The molecule has 0 spiro atoms. The summed E-state index contributed by atoms with van der Waals surface area (Å²) >= 11 is 0. The molecule has 3 heteroatoms. The topological polar surface area (TPSA) is 42.8 Å². The fraction of sp³-hybridized carbons (Fsp3) is 0.583. The van der Waals surface area contributed by atoms with E-state index in [4.69, 9.17) is 0 Å². The molecule has 0 amide bonds. The van der Waals surface area contributed by atoms with Gasteiger partial charge in [-0.1, -0.05) is 6.92 Å². The summed E-state index contributed by atoms with van der Waals surface area (Å²) in [4.78, 5) is 5.40. The molecule has 0 bridgehead atoms. The van der Waals surface area contributed by atoms with E-state index in [1.165, 1.54) is 12.8 Å². The van der Waals surface area contributed by atoms with Gasteiger partial charge in [0, 0.05) is 25.0 Å². The molecule has 1 aliphatic rings. The molecule has 1 saturated heterocycles. The number of aromatic nitrogens is 1. The van der Waals surface area contributed by atoms with Gasteiger partial charge in [-0.3, -0.25) is 4.90 Å². The molecule has 2 rings (SSSR count). The number of likely N-dealkylation sites (tertiary alicyclic amines) is 1. The number of aromatic amines is 1. The van der Waals surface area contributed by atoms with Crippen LogP contribution in [-0.2, 0) is 0 Å². The molecule has 1 N–H and O–H groups in total. The molecule has 15 heavy (non-hydrogen) atoms. The van der Waals surface area contributed by atoms with Crippen molar-refractivity contribution >= 4 is 0 Å². The van der Waals surface area contributed by atoms with E-state index in [9.17, 15) is 5.26 Å². The van der Waals surface area contributed by atoms with Crippen LogP contribution in [0.5, 0.6) is 0 Å². The molecule has 1 aromatic rings. The van der Waals surface area contributed by atoms with Crippen molar-refractivity contribution in [2.24, 2.45) is 5.92 Å². The van der Waals surface area contributed by atoms with Gasteiger partial charge in [0.1, 0.15) is 6.04 Å². The predicted molar refractivity (Wildman–Crippen MR) is 59.1 cm³/mol. The third-order valence-corrected chi connectivity index (χ3v) is 3.22. The van der Waals surface area contributed by atoms with Gasteiger partial charge in [0.05, 0.1) is 6.07 Å². The summed E-state index contributed by atoms with van der Waals surface area (Å²) in [7, 11) is 0. The zero-order valence-corrected chi connectivity index (χ0v) is 9.11. The van der Waals surface area contributed by atoms with Crippen LogP contribution in [0.1, 0.15) is 31.5 Å². The molecule has 0 aliphatic carbocycles. The molecule has 2 heterocycles. The van der Waals surface area contributed by atoms with Gasteiger partial charge in [-0.25, -0.2) is 0 Å². The molecule has 0 aromatic carbocycles. The van der Waals surface area contributed by atoms with Gasteiger partial charge < -0.3 is 4.98 Å². The van der Waals surface area contributed by atoms with E-state index in [0.717, 1.165) is 24.7 Å². The van der Waals surface area contributed by atoms with E-state index in [1.807, 2.05) is 18.3 Å². The van der Waals surface area contributed by atoms with Crippen molar-refractivity contribution in [3.8, 4) is 6.07 Å². The first-order valence-corrected chi connectivity index (χ1v) is 5.58. The number of piperidine rings is 1. The number of hydrogen-bond donors (Lipinski definition) is 1. The lowest BCUT2D eigenvalue weighted by atomic mass is 9.97. The zero-order valence-electron chi connectivity index (χ0n) is 9.11. The SMILES string of the molecule is CC1CCN(C(C#N)c2ccc[nH]2)CC1. The summed E-state index contributed by atoms with van der Waals surface area (Å²) in [5.74, 6) is 0.809. The number of nitriles is 1. The van der Waals surface area contributed by atoms with Crippen LogP contribution in [0.2, 0.25) is 0 Å². The number of H-pyrrole nitrogens is 1. The molecule has 1 unspecified atom stereocenters. The standard InChI is InChI=1S/C12H17N3/c1-10-4-7-15(8-5-10)12(9-13)11-3-2-6-14-11/h2-3,6,10,12,14H,4-5,7-8H2,1H3. The Morgan fingerprint density at radius 1 is 1.53 bits per heavy atom. The lowest BCUT2D eigenvalue weighted by Crippen LogP contribution is -2.35. The fourth-order valence-corrected chi connectivity index (χ4v) is 2.15. The Kier molecular flexibility index (Phi) is 3.08. The number of rotatable bonds is 2. The maximum Gasteiger partial charge on any atom is 0.138 e. The van der Waals surface area contributed by atoms with Gasteiger partial charge in [0.2, 0.25) is 0 Å². The van der Waals surface area contributed by atoms with Gasteiger partial charge in [-0.05, 0) is 30.9 Å². The Morgan fingerprint density at radius 3 is 2.80 bits per heavy atom. The van der Waals surface area contributed by atoms with Gasteiger partial charge >= 0.3 is 0 Å². The lowest BCUT2D eigenvalue weighted by molar-refractivity contribution is 0.163. The first-order valence-electron chi connectivity index (χ1n) is 5.58. The van der Waals surface area contributed by atoms with E-state index in [0.29, 0.717) is 0 Å². The third-order valence-electron chi connectivity index (χ3n) is 3.22. The van der Waals surface area contributed by atoms with E-state index in [-0.39, 0.29) is 6.04 Å². The van der Waals surface area contributed by atoms with Gasteiger partial charge in [0.15, 0.2) is 0 Å². The van der Waals surface area contributed by atoms with Crippen molar-refractivity contribution in [1.29, 1.82) is 5.26 Å². The summed E-state index contributed by atoms with van der Waals surface area (Å²) in [5, 5.41) is 9.20. The highest BCUT2D eigenvalue weighted by atomic mass is 15.2. The molecule has 0 radical (unpaired) electrons. The zero-order chi connectivity index (χ0) is 10.7. The third kappa shape index (κ3) is 2.21. The summed E-state index contributed by atoms with van der Waals surface area (Å²) in [6.07, 6.45) is 4.30. The van der Waals surface area contributed by atoms with Crippen LogP contribution < -0.4 is 0 Å². The molecule has 1 aliphatic heterocycles. The van der Waals surface area contributed by atoms with E-state index in [2.05, 4.69) is 22.9 Å². The average Bonchev–Trinajstić information content (AvgIpc) is 2.75. The van der Waals surface area contributed by atoms with Gasteiger partial charge in [-0.15, -0.1) is 0 Å². The average molecular weight is 203 g/mol. The van der Waals surface area contributed by atoms with E-state index in [1.54, 1.807) is 0 Å². The Balaban J connectivity index is 2.05. The van der Waals surface area contributed by atoms with Crippen molar-refractivity contribution in [2.45, 2.75) is 25.8 Å². The smallest absolute Gasteiger partial charge is 0.138 e. The van der Waals surface area contributed by atoms with Crippen LogP contribution in [0.3, 0.4) is 0 Å². The highest BCUT2D eigenvalue weighted by Crippen LogP contribution is 2.25. The van der Waals surface area contributed by atoms with E-state index >= 15 is 0 Å². The molecular formula is C12H17N3. The highest BCUT2D eigenvalue weighted by molar-refractivity contribution is 5.16. The van der Waals surface area contributed by atoms with Gasteiger partial charge in [0.25, 0.3) is 0 Å².